The molecule has 1 atom stereocenters. The second kappa shape index (κ2) is 12.0. The molecule has 210 valence electrons. The Hall–Kier alpha value is -3.99. The number of nitrogens with zero attached hydrogens (tertiary/aromatic N) is 2. The second-order valence-corrected chi connectivity index (χ2v) is 10.4. The van der Waals surface area contributed by atoms with Crippen LogP contribution in [-0.2, 0) is 22.3 Å². The lowest BCUT2D eigenvalue weighted by Gasteiger charge is -2.18. The first-order valence-corrected chi connectivity index (χ1v) is 13.2. The molecule has 1 saturated heterocycles. The number of ether oxygens (including phenoxy) is 2. The maximum atomic E-state index is 13.5. The van der Waals surface area contributed by atoms with Crippen LogP contribution in [0.3, 0.4) is 0 Å². The van der Waals surface area contributed by atoms with Gasteiger partial charge in [-0.15, -0.1) is 0 Å². The number of carbonyl (C=O) groups is 2. The van der Waals surface area contributed by atoms with Crippen LogP contribution in [0.4, 0.5) is 24.5 Å². The summed E-state index contributed by atoms with van der Waals surface area (Å²) < 4.78 is 49.9. The zero-order chi connectivity index (χ0) is 29.0. The van der Waals surface area contributed by atoms with Gasteiger partial charge in [-0.25, -0.2) is 4.99 Å². The van der Waals surface area contributed by atoms with Gasteiger partial charge in [-0.2, -0.15) is 13.2 Å². The van der Waals surface area contributed by atoms with Crippen LogP contribution in [0.25, 0.3) is 0 Å². The SMILES string of the molecule is COc1ccc(CN2C(=O)C(CC(=O)Nc3cccc(C(F)(F)F)c3)SC2=Nc2ccc(C)cc2C)cc1OC. The van der Waals surface area contributed by atoms with Gasteiger partial charge in [0.15, 0.2) is 16.7 Å². The first-order valence-electron chi connectivity index (χ1n) is 12.3. The molecule has 1 heterocycles. The Morgan fingerprint density at radius 3 is 2.45 bits per heavy atom. The number of benzene rings is 3. The van der Waals surface area contributed by atoms with E-state index in [-0.39, 0.29) is 24.6 Å². The number of amidine groups is 1. The molecule has 4 rings (SSSR count). The van der Waals surface area contributed by atoms with Crippen molar-refractivity contribution in [2.75, 3.05) is 19.5 Å². The highest BCUT2D eigenvalue weighted by molar-refractivity contribution is 8.15. The normalized spacial score (nSPS) is 16.4. The van der Waals surface area contributed by atoms with Crippen LogP contribution in [0, 0.1) is 13.8 Å². The van der Waals surface area contributed by atoms with Gasteiger partial charge in [-0.3, -0.25) is 14.5 Å². The minimum absolute atomic E-state index is 0.00151. The quantitative estimate of drug-likeness (QED) is 0.334. The van der Waals surface area contributed by atoms with Crippen molar-refractivity contribution in [3.63, 3.8) is 0 Å². The molecule has 0 aromatic heterocycles. The van der Waals surface area contributed by atoms with E-state index in [0.717, 1.165) is 40.6 Å². The predicted molar refractivity (Wildman–Crippen MR) is 149 cm³/mol. The lowest BCUT2D eigenvalue weighted by molar-refractivity contribution is -0.137. The number of hydrogen-bond donors (Lipinski definition) is 1. The van der Waals surface area contributed by atoms with Crippen LogP contribution in [-0.4, -0.2) is 41.4 Å². The lowest BCUT2D eigenvalue weighted by atomic mass is 10.1. The molecular formula is C29H28F3N3O4S. The molecule has 40 heavy (non-hydrogen) atoms. The third-order valence-corrected chi connectivity index (χ3v) is 7.40. The standard InChI is InChI=1S/C29H28F3N3O4S/c1-17-8-10-22(18(2)12-17)34-28-35(16-19-9-11-23(38-3)24(13-19)39-4)27(37)25(40-28)15-26(36)33-21-7-5-6-20(14-21)29(30,31)32/h5-14,25H,15-16H2,1-4H3,(H,33,36). The number of methoxy groups -OCH3 is 2. The predicted octanol–water partition coefficient (Wildman–Crippen LogP) is 6.50. The molecule has 1 aliphatic rings. The molecule has 0 radical (unpaired) electrons. The van der Waals surface area contributed by atoms with Gasteiger partial charge < -0.3 is 14.8 Å². The first-order chi connectivity index (χ1) is 19.0. The molecule has 0 spiro atoms. The van der Waals surface area contributed by atoms with Crippen LogP contribution in [0.15, 0.2) is 65.7 Å². The average molecular weight is 572 g/mol. The molecule has 1 aliphatic heterocycles. The van der Waals surface area contributed by atoms with Crippen molar-refractivity contribution < 1.29 is 32.2 Å². The number of thioether (sulfide) groups is 1. The summed E-state index contributed by atoms with van der Waals surface area (Å²) in [5.41, 5.74) is 2.57. The minimum Gasteiger partial charge on any atom is -0.493 e. The van der Waals surface area contributed by atoms with Gasteiger partial charge in [-0.1, -0.05) is 41.6 Å². The highest BCUT2D eigenvalue weighted by Crippen LogP contribution is 2.36. The molecular weight excluding hydrogens is 543 g/mol. The van der Waals surface area contributed by atoms with E-state index >= 15 is 0 Å². The Labute approximate surface area is 234 Å². The highest BCUT2D eigenvalue weighted by atomic mass is 32.2. The van der Waals surface area contributed by atoms with Gasteiger partial charge in [0, 0.05) is 12.1 Å². The van der Waals surface area contributed by atoms with Crippen molar-refractivity contribution in [2.45, 2.75) is 38.2 Å². The summed E-state index contributed by atoms with van der Waals surface area (Å²) in [5.74, 6) is 0.136. The first kappa shape index (κ1) is 29.0. The topological polar surface area (TPSA) is 80.2 Å². The van der Waals surface area contributed by atoms with E-state index in [1.165, 1.54) is 31.3 Å². The summed E-state index contributed by atoms with van der Waals surface area (Å²) in [5, 5.41) is 2.09. The van der Waals surface area contributed by atoms with E-state index in [0.29, 0.717) is 22.4 Å². The molecule has 0 saturated carbocycles. The maximum Gasteiger partial charge on any atom is 0.416 e. The molecule has 1 fully saturated rings. The minimum atomic E-state index is -4.54. The molecule has 7 nitrogen and oxygen atoms in total. The van der Waals surface area contributed by atoms with Crippen LogP contribution in [0.2, 0.25) is 0 Å². The molecule has 11 heteroatoms. The van der Waals surface area contributed by atoms with E-state index in [4.69, 9.17) is 14.5 Å². The zero-order valence-corrected chi connectivity index (χ0v) is 23.2. The van der Waals surface area contributed by atoms with Crippen molar-refractivity contribution in [2.24, 2.45) is 4.99 Å². The number of aryl methyl sites for hydroxylation is 2. The van der Waals surface area contributed by atoms with Gasteiger partial charge in [0.2, 0.25) is 11.8 Å². The summed E-state index contributed by atoms with van der Waals surface area (Å²) in [7, 11) is 3.05. The number of nitrogens with one attached hydrogen (secondary N) is 1. The number of alkyl halides is 3. The number of anilines is 1. The van der Waals surface area contributed by atoms with Gasteiger partial charge >= 0.3 is 6.18 Å². The lowest BCUT2D eigenvalue weighted by Crippen LogP contribution is -2.33. The summed E-state index contributed by atoms with van der Waals surface area (Å²) in [6.07, 6.45) is -4.78. The molecule has 1 N–H and O–H groups in total. The van der Waals surface area contributed by atoms with Gasteiger partial charge in [0.05, 0.1) is 32.0 Å². The van der Waals surface area contributed by atoms with E-state index in [1.54, 1.807) is 12.1 Å². The fourth-order valence-electron chi connectivity index (χ4n) is 4.22. The molecule has 1 unspecified atom stereocenters. The van der Waals surface area contributed by atoms with Gasteiger partial charge in [-0.05, 0) is 61.4 Å². The van der Waals surface area contributed by atoms with E-state index in [1.807, 2.05) is 38.1 Å². The van der Waals surface area contributed by atoms with Gasteiger partial charge in [0.1, 0.15) is 5.25 Å². The number of amides is 2. The number of carbonyl (C=O) groups excluding carboxylic acids is 2. The smallest absolute Gasteiger partial charge is 0.416 e. The fraction of sp³-hybridized carbons (Fsp3) is 0.276. The van der Waals surface area contributed by atoms with Crippen LogP contribution in [0.5, 0.6) is 11.5 Å². The Morgan fingerprint density at radius 1 is 1.02 bits per heavy atom. The maximum absolute atomic E-state index is 13.5. The molecule has 3 aromatic rings. The zero-order valence-electron chi connectivity index (χ0n) is 22.3. The fourth-order valence-corrected chi connectivity index (χ4v) is 5.37. The molecule has 2 amide bonds. The Balaban J connectivity index is 1.59. The van der Waals surface area contributed by atoms with Crippen molar-refractivity contribution in [3.05, 3.63) is 82.9 Å². The Kier molecular flexibility index (Phi) is 8.73. The van der Waals surface area contributed by atoms with Gasteiger partial charge in [0.25, 0.3) is 0 Å². The Morgan fingerprint density at radius 2 is 1.77 bits per heavy atom. The van der Waals surface area contributed by atoms with Crippen molar-refractivity contribution in [1.82, 2.24) is 4.90 Å². The third-order valence-electron chi connectivity index (χ3n) is 6.22. The van der Waals surface area contributed by atoms with Crippen molar-refractivity contribution in [1.29, 1.82) is 0 Å². The van der Waals surface area contributed by atoms with Crippen molar-refractivity contribution >= 4 is 40.1 Å². The number of hydrogen-bond acceptors (Lipinski definition) is 6. The van der Waals surface area contributed by atoms with Crippen molar-refractivity contribution in [3.8, 4) is 11.5 Å². The van der Waals surface area contributed by atoms with Crippen LogP contribution in [0.1, 0.15) is 28.7 Å². The highest BCUT2D eigenvalue weighted by Gasteiger charge is 2.39. The van der Waals surface area contributed by atoms with E-state index in [9.17, 15) is 22.8 Å². The number of rotatable bonds is 8. The summed E-state index contributed by atoms with van der Waals surface area (Å²) in [6, 6.07) is 15.5. The summed E-state index contributed by atoms with van der Waals surface area (Å²) in [4.78, 5) is 32.6. The summed E-state index contributed by atoms with van der Waals surface area (Å²) in [6.45, 7) is 4.06. The Bertz CT molecular complexity index is 1460. The van der Waals surface area contributed by atoms with Crippen LogP contribution >= 0.6 is 11.8 Å². The van der Waals surface area contributed by atoms with E-state index in [2.05, 4.69) is 5.32 Å². The third kappa shape index (κ3) is 6.77. The molecule has 3 aromatic carbocycles. The number of aliphatic imine (C=N–C) groups is 1. The largest absolute Gasteiger partial charge is 0.493 e. The monoisotopic (exact) mass is 571 g/mol. The van der Waals surface area contributed by atoms with Crippen LogP contribution < -0.4 is 14.8 Å². The number of halogens is 3. The summed E-state index contributed by atoms with van der Waals surface area (Å²) >= 11 is 1.15. The molecule has 0 bridgehead atoms. The average Bonchev–Trinajstić information content (AvgIpc) is 3.18. The second-order valence-electron chi connectivity index (χ2n) is 9.24. The van der Waals surface area contributed by atoms with E-state index < -0.39 is 22.9 Å². The molecule has 0 aliphatic carbocycles.